The minimum absolute atomic E-state index is 0.0654. The van der Waals surface area contributed by atoms with Crippen LogP contribution in [0.1, 0.15) is 47.3 Å². The van der Waals surface area contributed by atoms with Gasteiger partial charge in [-0.25, -0.2) is 9.37 Å². The SMILES string of the molecule is CCOc1ccc(CN(Cc2ccc(F)cc2)Cc2nc(C(=O)NCC3CCCO3)co2)cc1. The number of benzene rings is 2. The zero-order valence-electron chi connectivity index (χ0n) is 19.3. The van der Waals surface area contributed by atoms with Crippen molar-refractivity contribution in [3.05, 3.63) is 83.3 Å². The summed E-state index contributed by atoms with van der Waals surface area (Å²) in [7, 11) is 0. The summed E-state index contributed by atoms with van der Waals surface area (Å²) in [6, 6.07) is 14.3. The predicted octanol–water partition coefficient (Wildman–Crippen LogP) is 4.32. The van der Waals surface area contributed by atoms with Gasteiger partial charge in [-0.2, -0.15) is 0 Å². The molecule has 0 bridgehead atoms. The lowest BCUT2D eigenvalue weighted by atomic mass is 10.1. The topological polar surface area (TPSA) is 76.8 Å². The molecule has 2 aromatic carbocycles. The molecule has 1 fully saturated rings. The van der Waals surface area contributed by atoms with Crippen molar-refractivity contribution in [2.75, 3.05) is 19.8 Å². The molecule has 1 aliphatic rings. The van der Waals surface area contributed by atoms with Crippen molar-refractivity contribution in [3.8, 4) is 5.75 Å². The highest BCUT2D eigenvalue weighted by atomic mass is 19.1. The summed E-state index contributed by atoms with van der Waals surface area (Å²) in [6.45, 7) is 5.35. The van der Waals surface area contributed by atoms with Gasteiger partial charge in [0.05, 0.1) is 19.3 Å². The van der Waals surface area contributed by atoms with Gasteiger partial charge in [0, 0.05) is 26.2 Å². The standard InChI is InChI=1S/C26H30FN3O4/c1-2-32-22-11-7-20(8-12-22)16-30(15-19-5-9-21(27)10-6-19)17-25-29-24(18-34-25)26(31)28-14-23-4-3-13-33-23/h5-12,18,23H,2-4,13-17H2,1H3,(H,28,31). The van der Waals surface area contributed by atoms with E-state index < -0.39 is 0 Å². The van der Waals surface area contributed by atoms with Crippen LogP contribution in [-0.2, 0) is 24.4 Å². The molecular formula is C26H30FN3O4. The molecule has 1 aliphatic heterocycles. The van der Waals surface area contributed by atoms with Crippen LogP contribution in [0.4, 0.5) is 4.39 Å². The van der Waals surface area contributed by atoms with Crippen LogP contribution in [0.25, 0.3) is 0 Å². The number of nitrogens with one attached hydrogen (secondary N) is 1. The maximum Gasteiger partial charge on any atom is 0.273 e. The highest BCUT2D eigenvalue weighted by Gasteiger charge is 2.19. The van der Waals surface area contributed by atoms with E-state index in [1.165, 1.54) is 18.4 Å². The molecule has 1 saturated heterocycles. The first-order valence-electron chi connectivity index (χ1n) is 11.6. The third kappa shape index (κ3) is 6.88. The number of hydrogen-bond donors (Lipinski definition) is 1. The molecule has 180 valence electrons. The Balaban J connectivity index is 1.41. The number of nitrogens with zero attached hydrogens (tertiary/aromatic N) is 2. The van der Waals surface area contributed by atoms with Gasteiger partial charge < -0.3 is 19.2 Å². The van der Waals surface area contributed by atoms with Crippen molar-refractivity contribution < 1.29 is 23.1 Å². The summed E-state index contributed by atoms with van der Waals surface area (Å²) in [6.07, 6.45) is 3.42. The Hall–Kier alpha value is -3.23. The van der Waals surface area contributed by atoms with Gasteiger partial charge >= 0.3 is 0 Å². The van der Waals surface area contributed by atoms with Gasteiger partial charge in [-0.1, -0.05) is 24.3 Å². The number of oxazole rings is 1. The average Bonchev–Trinajstić information content (AvgIpc) is 3.53. The molecule has 2 heterocycles. The van der Waals surface area contributed by atoms with E-state index >= 15 is 0 Å². The molecule has 1 N–H and O–H groups in total. The van der Waals surface area contributed by atoms with E-state index in [9.17, 15) is 9.18 Å². The third-order valence-corrected chi connectivity index (χ3v) is 5.62. The Labute approximate surface area is 198 Å². The first-order valence-corrected chi connectivity index (χ1v) is 11.6. The van der Waals surface area contributed by atoms with Crippen LogP contribution in [0.3, 0.4) is 0 Å². The molecule has 0 aliphatic carbocycles. The fourth-order valence-corrected chi connectivity index (χ4v) is 3.91. The number of amides is 1. The number of hydrogen-bond acceptors (Lipinski definition) is 6. The van der Waals surface area contributed by atoms with E-state index in [1.807, 2.05) is 31.2 Å². The lowest BCUT2D eigenvalue weighted by molar-refractivity contribution is 0.0853. The minimum Gasteiger partial charge on any atom is -0.494 e. The molecule has 0 radical (unpaired) electrons. The van der Waals surface area contributed by atoms with Gasteiger partial charge in [0.15, 0.2) is 5.69 Å². The van der Waals surface area contributed by atoms with E-state index in [4.69, 9.17) is 13.9 Å². The molecule has 1 atom stereocenters. The van der Waals surface area contributed by atoms with E-state index in [2.05, 4.69) is 15.2 Å². The number of rotatable bonds is 11. The number of carbonyl (C=O) groups is 1. The normalized spacial score (nSPS) is 15.6. The number of ether oxygens (including phenoxy) is 2. The maximum absolute atomic E-state index is 13.4. The van der Waals surface area contributed by atoms with Crippen LogP contribution >= 0.6 is 0 Å². The summed E-state index contributed by atoms with van der Waals surface area (Å²) >= 11 is 0. The van der Waals surface area contributed by atoms with E-state index in [0.29, 0.717) is 38.7 Å². The van der Waals surface area contributed by atoms with E-state index in [-0.39, 0.29) is 23.5 Å². The molecule has 7 nitrogen and oxygen atoms in total. The molecule has 0 spiro atoms. The van der Waals surface area contributed by atoms with Gasteiger partial charge in [-0.3, -0.25) is 9.69 Å². The Bertz CT molecular complexity index is 1050. The molecule has 1 unspecified atom stereocenters. The average molecular weight is 468 g/mol. The molecule has 0 saturated carbocycles. The van der Waals surface area contributed by atoms with Crippen LogP contribution in [0.2, 0.25) is 0 Å². The Morgan fingerprint density at radius 3 is 2.47 bits per heavy atom. The van der Waals surface area contributed by atoms with Gasteiger partial charge in [0.25, 0.3) is 5.91 Å². The van der Waals surface area contributed by atoms with Crippen LogP contribution in [-0.4, -0.2) is 41.7 Å². The molecule has 4 rings (SSSR count). The fraction of sp³-hybridized carbons (Fsp3) is 0.385. The lowest BCUT2D eigenvalue weighted by Gasteiger charge is -2.21. The highest BCUT2D eigenvalue weighted by Crippen LogP contribution is 2.18. The predicted molar refractivity (Wildman–Crippen MR) is 125 cm³/mol. The molecule has 34 heavy (non-hydrogen) atoms. The summed E-state index contributed by atoms with van der Waals surface area (Å²) in [4.78, 5) is 19.0. The molecule has 3 aromatic rings. The monoisotopic (exact) mass is 467 g/mol. The third-order valence-electron chi connectivity index (χ3n) is 5.62. The van der Waals surface area contributed by atoms with E-state index in [1.54, 1.807) is 12.1 Å². The zero-order chi connectivity index (χ0) is 23.8. The van der Waals surface area contributed by atoms with Crippen LogP contribution in [0.15, 0.2) is 59.2 Å². The van der Waals surface area contributed by atoms with Crippen molar-refractivity contribution >= 4 is 5.91 Å². The Kier molecular flexibility index (Phi) is 8.27. The minimum atomic E-state index is -0.276. The number of halogens is 1. The van der Waals surface area contributed by atoms with Crippen molar-refractivity contribution in [2.24, 2.45) is 0 Å². The van der Waals surface area contributed by atoms with Crippen molar-refractivity contribution in [1.29, 1.82) is 0 Å². The highest BCUT2D eigenvalue weighted by molar-refractivity contribution is 5.91. The molecule has 1 amide bonds. The summed E-state index contributed by atoms with van der Waals surface area (Å²) in [5.41, 5.74) is 2.30. The largest absolute Gasteiger partial charge is 0.494 e. The Morgan fingerprint density at radius 1 is 1.12 bits per heavy atom. The number of aromatic nitrogens is 1. The van der Waals surface area contributed by atoms with Crippen LogP contribution in [0, 0.1) is 5.82 Å². The summed E-state index contributed by atoms with van der Waals surface area (Å²) in [5, 5.41) is 2.86. The second-order valence-electron chi connectivity index (χ2n) is 8.32. The first kappa shape index (κ1) is 23.9. The zero-order valence-corrected chi connectivity index (χ0v) is 19.3. The Morgan fingerprint density at radius 2 is 1.82 bits per heavy atom. The first-order chi connectivity index (χ1) is 16.6. The maximum atomic E-state index is 13.4. The number of carbonyl (C=O) groups excluding carboxylic acids is 1. The van der Waals surface area contributed by atoms with E-state index in [0.717, 1.165) is 36.3 Å². The quantitative estimate of drug-likeness (QED) is 0.453. The molecule has 1 aromatic heterocycles. The van der Waals surface area contributed by atoms with Crippen molar-refractivity contribution in [1.82, 2.24) is 15.2 Å². The van der Waals surface area contributed by atoms with Crippen LogP contribution in [0.5, 0.6) is 5.75 Å². The van der Waals surface area contributed by atoms with Crippen LogP contribution < -0.4 is 10.1 Å². The smallest absolute Gasteiger partial charge is 0.273 e. The van der Waals surface area contributed by atoms with Gasteiger partial charge in [-0.05, 0) is 55.2 Å². The van der Waals surface area contributed by atoms with Crippen molar-refractivity contribution in [3.63, 3.8) is 0 Å². The second-order valence-corrected chi connectivity index (χ2v) is 8.32. The van der Waals surface area contributed by atoms with Gasteiger partial charge in [-0.15, -0.1) is 0 Å². The summed E-state index contributed by atoms with van der Waals surface area (Å²) in [5.74, 6) is 0.716. The molecular weight excluding hydrogens is 437 g/mol. The van der Waals surface area contributed by atoms with Gasteiger partial charge in [0.2, 0.25) is 5.89 Å². The fourth-order valence-electron chi connectivity index (χ4n) is 3.91. The lowest BCUT2D eigenvalue weighted by Crippen LogP contribution is -2.32. The second kappa shape index (κ2) is 11.8. The van der Waals surface area contributed by atoms with Gasteiger partial charge in [0.1, 0.15) is 17.8 Å². The summed E-state index contributed by atoms with van der Waals surface area (Å²) < 4.78 is 30.0. The molecule has 8 heteroatoms. The van der Waals surface area contributed by atoms with Crippen molar-refractivity contribution in [2.45, 2.75) is 45.5 Å².